The number of nitrogens with one attached hydrogen (secondary N) is 2. The van der Waals surface area contributed by atoms with Crippen LogP contribution < -0.4 is 10.6 Å². The summed E-state index contributed by atoms with van der Waals surface area (Å²) in [5, 5.41) is 5.67. The number of ketones is 3. The van der Waals surface area contributed by atoms with E-state index in [9.17, 15) is 24.0 Å². The number of rotatable bonds is 10. The molecule has 1 aliphatic carbocycles. The summed E-state index contributed by atoms with van der Waals surface area (Å²) in [6.07, 6.45) is 5.97. The Kier molecular flexibility index (Phi) is 10.5. The van der Waals surface area contributed by atoms with E-state index < -0.39 is 35.0 Å². The number of hydrogen-bond donors (Lipinski definition) is 2. The second-order valence-electron chi connectivity index (χ2n) is 10.9. The standard InChI is InChI=1S/C27H42N2O7/c1-18(2)21(24(32)22(30)16-19-8-4-7-13-28-25(19)33)17-23(31)27(11-5-3-6-12-27)29-26(34)36-20-9-14-35-15-10-20/h18-21H,3-17H2,1-2H3,(H,28,33)(H,29,34)/t19-,21+/m1/s1. The first-order chi connectivity index (χ1) is 17.2. The van der Waals surface area contributed by atoms with Crippen LogP contribution in [0.25, 0.3) is 0 Å². The van der Waals surface area contributed by atoms with Crippen molar-refractivity contribution < 1.29 is 33.4 Å². The first kappa shape index (κ1) is 28.3. The van der Waals surface area contributed by atoms with Crippen molar-refractivity contribution in [2.45, 2.75) is 103 Å². The Hall–Kier alpha value is -2.29. The molecule has 3 rings (SSSR count). The van der Waals surface area contributed by atoms with E-state index in [0.29, 0.717) is 51.9 Å². The third-order valence-electron chi connectivity index (χ3n) is 7.93. The quantitative estimate of drug-likeness (QED) is 0.435. The Morgan fingerprint density at radius 1 is 1.03 bits per heavy atom. The number of Topliss-reactive ketones (excluding diaryl/α,β-unsaturated/α-hetero) is 3. The van der Waals surface area contributed by atoms with Crippen LogP contribution in [0.3, 0.4) is 0 Å². The molecular formula is C27H42N2O7. The summed E-state index contributed by atoms with van der Waals surface area (Å²) >= 11 is 0. The largest absolute Gasteiger partial charge is 0.446 e. The molecule has 2 amide bonds. The molecule has 0 aromatic heterocycles. The van der Waals surface area contributed by atoms with Gasteiger partial charge in [0.2, 0.25) is 11.7 Å². The van der Waals surface area contributed by atoms with Crippen molar-refractivity contribution >= 4 is 29.4 Å². The van der Waals surface area contributed by atoms with Gasteiger partial charge in [-0.25, -0.2) is 4.79 Å². The molecule has 36 heavy (non-hydrogen) atoms. The van der Waals surface area contributed by atoms with Crippen molar-refractivity contribution in [2.75, 3.05) is 19.8 Å². The third-order valence-corrected chi connectivity index (χ3v) is 7.93. The molecule has 0 aromatic rings. The Labute approximate surface area is 213 Å². The van der Waals surface area contributed by atoms with Gasteiger partial charge in [0.1, 0.15) is 11.6 Å². The molecule has 2 aliphatic heterocycles. The van der Waals surface area contributed by atoms with Gasteiger partial charge in [0, 0.05) is 44.1 Å². The average molecular weight is 507 g/mol. The van der Waals surface area contributed by atoms with Gasteiger partial charge in [-0.05, 0) is 31.6 Å². The van der Waals surface area contributed by atoms with Gasteiger partial charge in [0.15, 0.2) is 11.6 Å². The summed E-state index contributed by atoms with van der Waals surface area (Å²) < 4.78 is 10.9. The zero-order chi connectivity index (χ0) is 26.1. The molecule has 3 fully saturated rings. The number of carbonyl (C=O) groups excluding carboxylic acids is 5. The van der Waals surface area contributed by atoms with E-state index in [1.54, 1.807) is 0 Å². The molecule has 9 heteroatoms. The lowest BCUT2D eigenvalue weighted by molar-refractivity contribution is -0.143. The number of ether oxygens (including phenoxy) is 2. The molecular weight excluding hydrogens is 464 g/mol. The number of hydrogen-bond acceptors (Lipinski definition) is 7. The highest BCUT2D eigenvalue weighted by molar-refractivity contribution is 6.38. The first-order valence-corrected chi connectivity index (χ1v) is 13.7. The zero-order valence-corrected chi connectivity index (χ0v) is 21.8. The van der Waals surface area contributed by atoms with Crippen molar-refractivity contribution in [3.63, 3.8) is 0 Å². The highest BCUT2D eigenvalue weighted by atomic mass is 16.6. The molecule has 1 saturated carbocycles. The average Bonchev–Trinajstić information content (AvgIpc) is 3.06. The smallest absolute Gasteiger partial charge is 0.408 e. The molecule has 2 atom stereocenters. The van der Waals surface area contributed by atoms with Gasteiger partial charge in [-0.15, -0.1) is 0 Å². The van der Waals surface area contributed by atoms with Crippen LogP contribution in [-0.4, -0.2) is 60.8 Å². The Morgan fingerprint density at radius 2 is 1.72 bits per heavy atom. The van der Waals surface area contributed by atoms with Gasteiger partial charge >= 0.3 is 6.09 Å². The van der Waals surface area contributed by atoms with Gasteiger partial charge < -0.3 is 20.1 Å². The van der Waals surface area contributed by atoms with Crippen molar-refractivity contribution in [2.24, 2.45) is 17.8 Å². The van der Waals surface area contributed by atoms with E-state index in [2.05, 4.69) is 10.6 Å². The van der Waals surface area contributed by atoms with Crippen molar-refractivity contribution in [1.82, 2.24) is 10.6 Å². The van der Waals surface area contributed by atoms with E-state index in [1.165, 1.54) is 0 Å². The molecule has 3 aliphatic rings. The lowest BCUT2D eigenvalue weighted by Gasteiger charge is -2.38. The van der Waals surface area contributed by atoms with Crippen molar-refractivity contribution in [3.05, 3.63) is 0 Å². The highest BCUT2D eigenvalue weighted by Crippen LogP contribution is 2.33. The number of carbonyl (C=O) groups is 5. The van der Waals surface area contributed by atoms with E-state index >= 15 is 0 Å². The molecule has 2 heterocycles. The van der Waals surface area contributed by atoms with E-state index in [0.717, 1.165) is 32.1 Å². The minimum atomic E-state index is -1.09. The van der Waals surface area contributed by atoms with Crippen molar-refractivity contribution in [1.29, 1.82) is 0 Å². The van der Waals surface area contributed by atoms with Crippen LogP contribution in [0.5, 0.6) is 0 Å². The molecule has 0 radical (unpaired) electrons. The SMILES string of the molecule is CC(C)[C@H](CC(=O)C1(NC(=O)OC2CCOCC2)CCCCC1)C(=O)C(=O)C[C@H]1CCCCNC1=O. The van der Waals surface area contributed by atoms with Gasteiger partial charge in [0.05, 0.1) is 13.2 Å². The van der Waals surface area contributed by atoms with Crippen LogP contribution in [0, 0.1) is 17.8 Å². The topological polar surface area (TPSA) is 128 Å². The Balaban J connectivity index is 1.66. The Bertz CT molecular complexity index is 813. The van der Waals surface area contributed by atoms with Gasteiger partial charge in [-0.3, -0.25) is 19.2 Å². The summed E-state index contributed by atoms with van der Waals surface area (Å²) in [7, 11) is 0. The van der Waals surface area contributed by atoms with E-state index in [1.807, 2.05) is 13.8 Å². The Morgan fingerprint density at radius 3 is 2.39 bits per heavy atom. The van der Waals surface area contributed by atoms with Crippen LogP contribution in [0.15, 0.2) is 0 Å². The predicted molar refractivity (Wildman–Crippen MR) is 132 cm³/mol. The summed E-state index contributed by atoms with van der Waals surface area (Å²) in [5.74, 6) is -3.11. The molecule has 0 unspecified atom stereocenters. The fourth-order valence-electron chi connectivity index (χ4n) is 5.55. The van der Waals surface area contributed by atoms with Crippen LogP contribution >= 0.6 is 0 Å². The lowest BCUT2D eigenvalue weighted by atomic mass is 9.73. The fourth-order valence-corrected chi connectivity index (χ4v) is 5.55. The first-order valence-electron chi connectivity index (χ1n) is 13.7. The second kappa shape index (κ2) is 13.3. The number of alkyl carbamates (subject to hydrolysis) is 1. The lowest BCUT2D eigenvalue weighted by Crippen LogP contribution is -2.57. The van der Waals surface area contributed by atoms with Crippen LogP contribution in [0.2, 0.25) is 0 Å². The fraction of sp³-hybridized carbons (Fsp3) is 0.815. The molecule has 2 saturated heterocycles. The molecule has 0 aromatic carbocycles. The molecule has 2 N–H and O–H groups in total. The van der Waals surface area contributed by atoms with E-state index in [-0.39, 0.29) is 36.6 Å². The minimum Gasteiger partial charge on any atom is -0.446 e. The minimum absolute atomic E-state index is 0.114. The normalized spacial score (nSPS) is 23.8. The maximum atomic E-state index is 13.7. The highest BCUT2D eigenvalue weighted by Gasteiger charge is 2.44. The second-order valence-corrected chi connectivity index (χ2v) is 10.9. The molecule has 0 bridgehead atoms. The van der Waals surface area contributed by atoms with Gasteiger partial charge in [0.25, 0.3) is 0 Å². The van der Waals surface area contributed by atoms with Crippen molar-refractivity contribution in [3.8, 4) is 0 Å². The monoisotopic (exact) mass is 506 g/mol. The zero-order valence-electron chi connectivity index (χ0n) is 21.8. The van der Waals surface area contributed by atoms with Crippen LogP contribution in [0.4, 0.5) is 4.79 Å². The maximum Gasteiger partial charge on any atom is 0.408 e. The van der Waals surface area contributed by atoms with Crippen LogP contribution in [0.1, 0.15) is 90.9 Å². The summed E-state index contributed by atoms with van der Waals surface area (Å²) in [4.78, 5) is 64.8. The molecule has 9 nitrogen and oxygen atoms in total. The summed E-state index contributed by atoms with van der Waals surface area (Å²) in [6, 6.07) is 0. The third kappa shape index (κ3) is 7.60. The predicted octanol–water partition coefficient (Wildman–Crippen LogP) is 3.27. The summed E-state index contributed by atoms with van der Waals surface area (Å²) in [6.45, 7) is 5.31. The van der Waals surface area contributed by atoms with E-state index in [4.69, 9.17) is 9.47 Å². The number of amides is 2. The van der Waals surface area contributed by atoms with Gasteiger partial charge in [-0.1, -0.05) is 39.5 Å². The van der Waals surface area contributed by atoms with Gasteiger partial charge in [-0.2, -0.15) is 0 Å². The molecule has 0 spiro atoms. The maximum absolute atomic E-state index is 13.7. The summed E-state index contributed by atoms with van der Waals surface area (Å²) in [5.41, 5.74) is -1.09. The molecule has 202 valence electrons. The van der Waals surface area contributed by atoms with Crippen LogP contribution in [-0.2, 0) is 28.7 Å².